The fourth-order valence-corrected chi connectivity index (χ4v) is 4.60. The molecule has 0 aromatic carbocycles. The summed E-state index contributed by atoms with van der Waals surface area (Å²) in [6.45, 7) is 2.27. The predicted octanol–water partition coefficient (Wildman–Crippen LogP) is 2.82. The van der Waals surface area contributed by atoms with Crippen molar-refractivity contribution in [2.45, 2.75) is 32.7 Å². The Hall–Kier alpha value is -2.28. The minimum atomic E-state index is -0.509. The third-order valence-electron chi connectivity index (χ3n) is 4.34. The van der Waals surface area contributed by atoms with Gasteiger partial charge in [-0.15, -0.1) is 11.3 Å². The molecule has 0 aliphatic heterocycles. The minimum Gasteiger partial charge on any atom is -0.494 e. The highest BCUT2D eigenvalue weighted by Gasteiger charge is 2.23. The molecule has 1 aliphatic carbocycles. The van der Waals surface area contributed by atoms with Gasteiger partial charge in [0.2, 0.25) is 5.88 Å². The standard InChI is InChI=1S/C17H18N4O3S2/c1-9(19-15-11(8-18)10-4-3-5-12(10)26-15)13-14(22)20-17(25)21(16(13)23)6-7-24-2/h23H,3-7H2,1-2H3,(H,20,22,25). The van der Waals surface area contributed by atoms with Crippen LogP contribution in [0.3, 0.4) is 0 Å². The highest BCUT2D eigenvalue weighted by atomic mass is 32.1. The molecule has 2 aromatic heterocycles. The van der Waals surface area contributed by atoms with E-state index in [1.54, 1.807) is 14.0 Å². The van der Waals surface area contributed by atoms with Crippen molar-refractivity contribution in [2.24, 2.45) is 4.99 Å². The Morgan fingerprint density at radius 2 is 2.31 bits per heavy atom. The first-order valence-electron chi connectivity index (χ1n) is 8.13. The molecule has 0 bridgehead atoms. The van der Waals surface area contributed by atoms with Gasteiger partial charge in [-0.1, -0.05) is 0 Å². The van der Waals surface area contributed by atoms with Gasteiger partial charge in [0.15, 0.2) is 4.77 Å². The van der Waals surface area contributed by atoms with E-state index in [9.17, 15) is 15.2 Å². The highest BCUT2D eigenvalue weighted by Crippen LogP contribution is 2.40. The van der Waals surface area contributed by atoms with Gasteiger partial charge < -0.3 is 9.84 Å². The first-order chi connectivity index (χ1) is 12.5. The first-order valence-corrected chi connectivity index (χ1v) is 9.35. The van der Waals surface area contributed by atoms with Crippen molar-refractivity contribution in [3.8, 4) is 11.9 Å². The molecule has 26 heavy (non-hydrogen) atoms. The maximum atomic E-state index is 12.3. The van der Waals surface area contributed by atoms with Gasteiger partial charge in [-0.2, -0.15) is 5.26 Å². The lowest BCUT2D eigenvalue weighted by Gasteiger charge is -2.12. The average molecular weight is 390 g/mol. The molecule has 0 saturated carbocycles. The van der Waals surface area contributed by atoms with Crippen LogP contribution in [-0.4, -0.2) is 34.1 Å². The van der Waals surface area contributed by atoms with E-state index >= 15 is 0 Å². The number of aryl methyl sites for hydroxylation is 1. The van der Waals surface area contributed by atoms with Crippen molar-refractivity contribution in [1.29, 1.82) is 5.26 Å². The summed E-state index contributed by atoms with van der Waals surface area (Å²) in [6.07, 6.45) is 2.90. The van der Waals surface area contributed by atoms with E-state index in [2.05, 4.69) is 16.0 Å². The molecule has 7 nitrogen and oxygen atoms in total. The van der Waals surface area contributed by atoms with E-state index in [4.69, 9.17) is 17.0 Å². The number of thiophene rings is 1. The van der Waals surface area contributed by atoms with Gasteiger partial charge in [0, 0.05) is 12.0 Å². The SMILES string of the molecule is COCCn1c(O)c(C(C)=Nc2sc3c(c2C#N)CCC3)c(=O)[nH]c1=S. The number of hydrogen-bond donors (Lipinski definition) is 2. The molecule has 0 unspecified atom stereocenters. The number of H-pyrrole nitrogens is 1. The predicted molar refractivity (Wildman–Crippen MR) is 102 cm³/mol. The van der Waals surface area contributed by atoms with Gasteiger partial charge in [0.1, 0.15) is 16.6 Å². The summed E-state index contributed by atoms with van der Waals surface area (Å²) in [7, 11) is 1.54. The quantitative estimate of drug-likeness (QED) is 0.603. The third-order valence-corrected chi connectivity index (χ3v) is 5.84. The maximum Gasteiger partial charge on any atom is 0.264 e. The van der Waals surface area contributed by atoms with Crippen LogP contribution in [-0.2, 0) is 24.1 Å². The van der Waals surface area contributed by atoms with Crippen LogP contribution in [0.4, 0.5) is 5.00 Å². The third kappa shape index (κ3) is 3.23. The van der Waals surface area contributed by atoms with Crippen LogP contribution in [0.2, 0.25) is 0 Å². The Morgan fingerprint density at radius 3 is 3.00 bits per heavy atom. The molecular weight excluding hydrogens is 372 g/mol. The van der Waals surface area contributed by atoms with Crippen LogP contribution in [0.15, 0.2) is 9.79 Å². The van der Waals surface area contributed by atoms with Crippen molar-refractivity contribution in [1.82, 2.24) is 9.55 Å². The fourth-order valence-electron chi connectivity index (χ4n) is 3.07. The zero-order chi connectivity index (χ0) is 18.8. The zero-order valence-electron chi connectivity index (χ0n) is 14.5. The van der Waals surface area contributed by atoms with Crippen LogP contribution in [0, 0.1) is 16.1 Å². The summed E-state index contributed by atoms with van der Waals surface area (Å²) in [5.74, 6) is -0.250. The van der Waals surface area contributed by atoms with E-state index in [0.717, 1.165) is 24.8 Å². The number of rotatable bonds is 5. The summed E-state index contributed by atoms with van der Waals surface area (Å²) in [4.78, 5) is 20.6. The molecule has 0 radical (unpaired) electrons. The number of nitriles is 1. The Labute approximate surface area is 159 Å². The maximum absolute atomic E-state index is 12.3. The van der Waals surface area contributed by atoms with Crippen molar-refractivity contribution >= 4 is 34.3 Å². The number of fused-ring (bicyclic) bond motifs is 1. The van der Waals surface area contributed by atoms with Gasteiger partial charge >= 0.3 is 0 Å². The van der Waals surface area contributed by atoms with Gasteiger partial charge in [-0.05, 0) is 44.0 Å². The highest BCUT2D eigenvalue weighted by molar-refractivity contribution is 7.71. The van der Waals surface area contributed by atoms with Crippen LogP contribution in [0.1, 0.15) is 34.9 Å². The molecule has 0 amide bonds. The zero-order valence-corrected chi connectivity index (χ0v) is 16.1. The lowest BCUT2D eigenvalue weighted by molar-refractivity contribution is 0.182. The molecular formula is C17H18N4O3S2. The molecule has 0 atom stereocenters. The number of methoxy groups -OCH3 is 1. The molecule has 2 aromatic rings. The molecule has 2 heterocycles. The molecule has 0 saturated heterocycles. The molecule has 9 heteroatoms. The number of aromatic amines is 1. The normalized spacial score (nSPS) is 13.7. The summed E-state index contributed by atoms with van der Waals surface area (Å²) in [5, 5.41) is 20.6. The molecule has 1 aliphatic rings. The Balaban J connectivity index is 2.10. The smallest absolute Gasteiger partial charge is 0.264 e. The van der Waals surface area contributed by atoms with Gasteiger partial charge in [-0.25, -0.2) is 4.99 Å². The number of nitrogens with zero attached hydrogens (tertiary/aromatic N) is 3. The number of hydrogen-bond acceptors (Lipinski definition) is 7. The van der Waals surface area contributed by atoms with E-state index in [1.807, 2.05) is 0 Å². The van der Waals surface area contributed by atoms with Gasteiger partial charge in [0.05, 0.1) is 24.4 Å². The minimum absolute atomic E-state index is 0.0483. The van der Waals surface area contributed by atoms with E-state index in [1.165, 1.54) is 20.8 Å². The average Bonchev–Trinajstić information content (AvgIpc) is 3.14. The Bertz CT molecular complexity index is 1040. The lowest BCUT2D eigenvalue weighted by Crippen LogP contribution is -2.22. The van der Waals surface area contributed by atoms with E-state index < -0.39 is 5.56 Å². The Kier molecular flexibility index (Phi) is 5.36. The summed E-state index contributed by atoms with van der Waals surface area (Å²) in [6, 6.07) is 2.23. The van der Waals surface area contributed by atoms with Gasteiger partial charge in [-0.3, -0.25) is 14.3 Å². The number of aliphatic imine (C=N–C) groups is 1. The van der Waals surface area contributed by atoms with Crippen molar-refractivity contribution in [3.05, 3.63) is 36.7 Å². The number of nitrogens with one attached hydrogen (secondary N) is 1. The van der Waals surface area contributed by atoms with Gasteiger partial charge in [0.25, 0.3) is 5.56 Å². The summed E-state index contributed by atoms with van der Waals surface area (Å²) < 4.78 is 6.53. The molecule has 3 rings (SSSR count). The number of ether oxygens (including phenoxy) is 1. The molecule has 0 spiro atoms. The molecule has 2 N–H and O–H groups in total. The fraction of sp³-hybridized carbons (Fsp3) is 0.412. The molecule has 136 valence electrons. The van der Waals surface area contributed by atoms with Crippen LogP contribution < -0.4 is 5.56 Å². The van der Waals surface area contributed by atoms with Crippen LogP contribution in [0.5, 0.6) is 5.88 Å². The Morgan fingerprint density at radius 1 is 1.54 bits per heavy atom. The van der Waals surface area contributed by atoms with E-state index in [0.29, 0.717) is 29.4 Å². The summed E-state index contributed by atoms with van der Waals surface area (Å²) in [5.41, 5.74) is 1.52. The molecule has 0 fully saturated rings. The topological polar surface area (TPSA) is 103 Å². The van der Waals surface area contributed by atoms with Crippen molar-refractivity contribution in [2.75, 3.05) is 13.7 Å². The van der Waals surface area contributed by atoms with Crippen molar-refractivity contribution in [3.63, 3.8) is 0 Å². The number of aromatic hydroxyl groups is 1. The lowest BCUT2D eigenvalue weighted by atomic mass is 10.1. The van der Waals surface area contributed by atoms with E-state index in [-0.39, 0.29) is 16.2 Å². The monoisotopic (exact) mass is 390 g/mol. The first kappa shape index (κ1) is 18.5. The van der Waals surface area contributed by atoms with Crippen molar-refractivity contribution < 1.29 is 9.84 Å². The van der Waals surface area contributed by atoms with Crippen LogP contribution in [0.25, 0.3) is 0 Å². The second-order valence-electron chi connectivity index (χ2n) is 5.95. The number of aromatic nitrogens is 2. The van der Waals surface area contributed by atoms with Crippen LogP contribution >= 0.6 is 23.6 Å². The summed E-state index contributed by atoms with van der Waals surface area (Å²) >= 11 is 6.59. The second kappa shape index (κ2) is 7.53. The largest absolute Gasteiger partial charge is 0.494 e. The second-order valence-corrected chi connectivity index (χ2v) is 7.42.